The van der Waals surface area contributed by atoms with E-state index in [0.29, 0.717) is 0 Å². The average molecular weight is 429 g/mol. The molecule has 1 aliphatic carbocycles. The molecule has 2 aromatic heterocycles. The van der Waals surface area contributed by atoms with E-state index in [4.69, 9.17) is 9.15 Å². The Hall–Kier alpha value is -2.28. The molecule has 2 aromatic rings. The number of nitrogens with one attached hydrogen (secondary N) is 1. The van der Waals surface area contributed by atoms with Gasteiger partial charge in [-0.2, -0.15) is 0 Å². The van der Waals surface area contributed by atoms with Gasteiger partial charge in [-0.15, -0.1) is 0 Å². The van der Waals surface area contributed by atoms with Crippen molar-refractivity contribution in [2.24, 2.45) is 5.92 Å². The van der Waals surface area contributed by atoms with Crippen molar-refractivity contribution in [2.45, 2.75) is 64.5 Å². The van der Waals surface area contributed by atoms with Gasteiger partial charge in [0.05, 0.1) is 11.6 Å². The highest BCUT2D eigenvalue weighted by molar-refractivity contribution is 5.88. The third-order valence-corrected chi connectivity index (χ3v) is 6.45. The number of hydrogen-bond donors (Lipinski definition) is 1. The van der Waals surface area contributed by atoms with Crippen LogP contribution in [0.25, 0.3) is 11.0 Å². The molecule has 3 heterocycles. The van der Waals surface area contributed by atoms with Gasteiger partial charge in [-0.1, -0.05) is 0 Å². The van der Waals surface area contributed by atoms with Crippen LogP contribution in [0.3, 0.4) is 0 Å². The van der Waals surface area contributed by atoms with Crippen molar-refractivity contribution < 1.29 is 13.9 Å². The van der Waals surface area contributed by atoms with Crippen molar-refractivity contribution in [2.75, 3.05) is 37.6 Å². The average Bonchev–Trinajstić information content (AvgIpc) is 3.21. The molecule has 0 bridgehead atoms. The molecule has 1 amide bonds. The van der Waals surface area contributed by atoms with Crippen LogP contribution in [0.1, 0.15) is 52.9 Å². The van der Waals surface area contributed by atoms with Gasteiger partial charge in [0.25, 0.3) is 0 Å². The van der Waals surface area contributed by atoms with Crippen molar-refractivity contribution >= 4 is 22.9 Å². The first kappa shape index (κ1) is 21.9. The van der Waals surface area contributed by atoms with Gasteiger partial charge in [-0.05, 0) is 77.5 Å². The van der Waals surface area contributed by atoms with E-state index in [2.05, 4.69) is 20.1 Å². The summed E-state index contributed by atoms with van der Waals surface area (Å²) in [6, 6.07) is 4.19. The molecule has 170 valence electrons. The van der Waals surface area contributed by atoms with Crippen LogP contribution in [0.5, 0.6) is 0 Å². The zero-order valence-electron chi connectivity index (χ0n) is 19.1. The number of fused-ring (bicyclic) bond motifs is 1. The number of carbonyl (C=O) groups is 1. The summed E-state index contributed by atoms with van der Waals surface area (Å²) >= 11 is 0. The van der Waals surface area contributed by atoms with E-state index in [1.807, 2.05) is 39.1 Å². The predicted molar refractivity (Wildman–Crippen MR) is 122 cm³/mol. The van der Waals surface area contributed by atoms with Gasteiger partial charge in [0.1, 0.15) is 17.0 Å². The number of furan rings is 1. The van der Waals surface area contributed by atoms with Crippen molar-refractivity contribution in [3.05, 3.63) is 24.6 Å². The molecule has 0 spiro atoms. The standard InChI is InChI=1S/C24H36N4O3/c1-24(2,3)31-23(29)26-19-6-4-18(5-7-19)9-12-27-13-15-28(16-14-27)22-20-10-17-30-21(20)8-11-25-22/h8,10-11,17-19H,4-7,9,12-16H2,1-3H3,(H,26,29). The summed E-state index contributed by atoms with van der Waals surface area (Å²) in [4.78, 5) is 21.5. The molecule has 2 fully saturated rings. The molecule has 1 saturated carbocycles. The number of carbonyl (C=O) groups excluding carboxylic acids is 1. The van der Waals surface area contributed by atoms with E-state index < -0.39 is 5.60 Å². The molecule has 7 heteroatoms. The quantitative estimate of drug-likeness (QED) is 0.760. The van der Waals surface area contributed by atoms with Gasteiger partial charge >= 0.3 is 6.09 Å². The number of nitrogens with zero attached hydrogens (tertiary/aromatic N) is 3. The Morgan fingerprint density at radius 3 is 2.61 bits per heavy atom. The maximum Gasteiger partial charge on any atom is 0.407 e. The Bertz CT molecular complexity index is 859. The number of aromatic nitrogens is 1. The highest BCUT2D eigenvalue weighted by Crippen LogP contribution is 2.29. The molecule has 0 unspecified atom stereocenters. The minimum absolute atomic E-state index is 0.257. The maximum absolute atomic E-state index is 12.0. The molecule has 0 radical (unpaired) electrons. The van der Waals surface area contributed by atoms with Crippen LogP contribution in [0.15, 0.2) is 29.0 Å². The molecule has 1 aliphatic heterocycles. The third kappa shape index (κ3) is 5.91. The number of alkyl carbamates (subject to hydrolysis) is 1. The zero-order chi connectivity index (χ0) is 21.8. The second kappa shape index (κ2) is 9.47. The lowest BCUT2D eigenvalue weighted by Crippen LogP contribution is -2.47. The largest absolute Gasteiger partial charge is 0.464 e. The summed E-state index contributed by atoms with van der Waals surface area (Å²) in [5.74, 6) is 1.80. The Labute approximate surface area is 185 Å². The summed E-state index contributed by atoms with van der Waals surface area (Å²) in [7, 11) is 0. The highest BCUT2D eigenvalue weighted by atomic mass is 16.6. The van der Waals surface area contributed by atoms with Crippen LogP contribution < -0.4 is 10.2 Å². The minimum atomic E-state index is -0.438. The number of piperazine rings is 1. The van der Waals surface area contributed by atoms with Crippen LogP contribution in [-0.2, 0) is 4.74 Å². The number of rotatable bonds is 5. The second-order valence-corrected chi connectivity index (χ2v) is 9.95. The SMILES string of the molecule is CC(C)(C)OC(=O)NC1CCC(CCN2CCN(c3nccc4occc34)CC2)CC1. The molecule has 2 aliphatic rings. The Morgan fingerprint density at radius 2 is 1.90 bits per heavy atom. The van der Waals surface area contributed by atoms with Crippen LogP contribution in [0.2, 0.25) is 0 Å². The first-order valence-corrected chi connectivity index (χ1v) is 11.7. The lowest BCUT2D eigenvalue weighted by atomic mass is 9.84. The number of pyridine rings is 1. The van der Waals surface area contributed by atoms with Crippen molar-refractivity contribution in [3.8, 4) is 0 Å². The third-order valence-electron chi connectivity index (χ3n) is 6.45. The second-order valence-electron chi connectivity index (χ2n) is 9.95. The first-order chi connectivity index (χ1) is 14.9. The fourth-order valence-electron chi connectivity index (χ4n) is 4.75. The van der Waals surface area contributed by atoms with E-state index in [9.17, 15) is 4.79 Å². The van der Waals surface area contributed by atoms with Crippen LogP contribution in [0, 0.1) is 5.92 Å². The zero-order valence-corrected chi connectivity index (χ0v) is 19.1. The summed E-state index contributed by atoms with van der Waals surface area (Å²) in [6.45, 7) is 11.0. The normalized spacial score (nSPS) is 23.1. The van der Waals surface area contributed by atoms with E-state index in [-0.39, 0.29) is 12.1 Å². The highest BCUT2D eigenvalue weighted by Gasteiger charge is 2.26. The lowest BCUT2D eigenvalue weighted by Gasteiger charge is -2.37. The van der Waals surface area contributed by atoms with Crippen molar-refractivity contribution in [3.63, 3.8) is 0 Å². The first-order valence-electron chi connectivity index (χ1n) is 11.7. The predicted octanol–water partition coefficient (Wildman–Crippen LogP) is 4.42. The fourth-order valence-corrected chi connectivity index (χ4v) is 4.75. The van der Waals surface area contributed by atoms with E-state index in [0.717, 1.165) is 68.3 Å². The summed E-state index contributed by atoms with van der Waals surface area (Å²) < 4.78 is 10.9. The molecular weight excluding hydrogens is 392 g/mol. The van der Waals surface area contributed by atoms with Crippen molar-refractivity contribution in [1.29, 1.82) is 0 Å². The minimum Gasteiger partial charge on any atom is -0.464 e. The van der Waals surface area contributed by atoms with Crippen molar-refractivity contribution in [1.82, 2.24) is 15.2 Å². The monoisotopic (exact) mass is 428 g/mol. The molecule has 7 nitrogen and oxygen atoms in total. The topological polar surface area (TPSA) is 70.8 Å². The lowest BCUT2D eigenvalue weighted by molar-refractivity contribution is 0.0486. The Balaban J connectivity index is 1.16. The Kier molecular flexibility index (Phi) is 6.70. The van der Waals surface area contributed by atoms with Crippen LogP contribution >= 0.6 is 0 Å². The Morgan fingerprint density at radius 1 is 1.16 bits per heavy atom. The number of amides is 1. The number of hydrogen-bond acceptors (Lipinski definition) is 6. The smallest absolute Gasteiger partial charge is 0.407 e. The summed E-state index contributed by atoms with van der Waals surface area (Å²) in [6.07, 6.45) is 9.02. The number of anilines is 1. The summed E-state index contributed by atoms with van der Waals surface area (Å²) in [5.41, 5.74) is 0.469. The van der Waals surface area contributed by atoms with Gasteiger partial charge in [-0.25, -0.2) is 9.78 Å². The van der Waals surface area contributed by atoms with Crippen LogP contribution in [-0.4, -0.2) is 60.3 Å². The van der Waals surface area contributed by atoms with Gasteiger partial charge < -0.3 is 19.4 Å². The van der Waals surface area contributed by atoms with Gasteiger partial charge in [0, 0.05) is 38.4 Å². The van der Waals surface area contributed by atoms with E-state index in [1.54, 1.807) is 6.26 Å². The molecular formula is C24H36N4O3. The van der Waals surface area contributed by atoms with Gasteiger partial charge in [0.2, 0.25) is 0 Å². The fraction of sp³-hybridized carbons (Fsp3) is 0.667. The molecule has 0 atom stereocenters. The van der Waals surface area contributed by atoms with Crippen LogP contribution in [0.4, 0.5) is 10.6 Å². The van der Waals surface area contributed by atoms with Gasteiger partial charge in [0.15, 0.2) is 0 Å². The summed E-state index contributed by atoms with van der Waals surface area (Å²) in [5, 5.41) is 4.15. The van der Waals surface area contributed by atoms with E-state index >= 15 is 0 Å². The van der Waals surface area contributed by atoms with Gasteiger partial charge in [-0.3, -0.25) is 4.90 Å². The molecule has 4 rings (SSSR count). The molecule has 0 aromatic carbocycles. The molecule has 1 saturated heterocycles. The molecule has 1 N–H and O–H groups in total. The number of ether oxygens (including phenoxy) is 1. The van der Waals surface area contributed by atoms with E-state index in [1.165, 1.54) is 19.3 Å². The molecule has 31 heavy (non-hydrogen) atoms. The maximum atomic E-state index is 12.0.